The van der Waals surface area contributed by atoms with Crippen LogP contribution in [0.15, 0.2) is 116 Å². The highest BCUT2D eigenvalue weighted by Gasteiger charge is 2.14. The molecule has 7 aromatic rings. The second-order valence-electron chi connectivity index (χ2n) is 20.4. The third-order valence-electron chi connectivity index (χ3n) is 11.8. The van der Waals surface area contributed by atoms with E-state index in [-0.39, 0.29) is 17.3 Å². The maximum atomic E-state index is 11.3. The summed E-state index contributed by atoms with van der Waals surface area (Å²) in [6.07, 6.45) is 7.29. The molecule has 14 heteroatoms. The van der Waals surface area contributed by atoms with Crippen LogP contribution in [-0.4, -0.2) is 54.0 Å². The summed E-state index contributed by atoms with van der Waals surface area (Å²) in [5.41, 5.74) is 12.4. The minimum absolute atomic E-state index is 0.00418. The van der Waals surface area contributed by atoms with Gasteiger partial charge >= 0.3 is 0 Å². The van der Waals surface area contributed by atoms with E-state index >= 15 is 0 Å². The van der Waals surface area contributed by atoms with E-state index in [9.17, 15) is 25.3 Å². The van der Waals surface area contributed by atoms with Crippen molar-refractivity contribution in [3.63, 3.8) is 0 Å². The minimum Gasteiger partial charge on any atom is -0.256 e. The van der Waals surface area contributed by atoms with E-state index in [1.54, 1.807) is 12.3 Å². The van der Waals surface area contributed by atoms with Gasteiger partial charge in [-0.1, -0.05) is 159 Å². The van der Waals surface area contributed by atoms with Gasteiger partial charge in [0.1, 0.15) is 0 Å². The van der Waals surface area contributed by atoms with Gasteiger partial charge < -0.3 is 0 Å². The molecule has 0 radical (unpaired) electrons. The average molecular weight is 1110 g/mol. The fourth-order valence-electron chi connectivity index (χ4n) is 7.38. The summed E-state index contributed by atoms with van der Waals surface area (Å²) in [4.78, 5) is 8.53. The number of halogens is 3. The molecule has 7 rings (SSSR count). The Kier molecular flexibility index (Phi) is 24.1. The average Bonchev–Trinajstić information content (AvgIpc) is 3.28. The van der Waals surface area contributed by atoms with Gasteiger partial charge in [-0.25, -0.2) is 25.3 Å². The fraction of sp³-hybridized carbons (Fsp3) is 0.390. The maximum absolute atomic E-state index is 11.3. The summed E-state index contributed by atoms with van der Waals surface area (Å²) < 4.78 is 67.1. The van der Waals surface area contributed by atoms with E-state index in [0.717, 1.165) is 49.3 Å². The molecule has 0 bridgehead atoms. The Balaban J connectivity index is 0.000000241. The number of aryl methyl sites for hydroxylation is 2. The van der Waals surface area contributed by atoms with Crippen LogP contribution in [0.25, 0.3) is 21.8 Å². The Morgan fingerprint density at radius 3 is 1.30 bits per heavy atom. The predicted octanol–water partition coefficient (Wildman–Crippen LogP) is 16.4. The van der Waals surface area contributed by atoms with Crippen molar-refractivity contribution < 1.29 is 25.3 Å². The fourth-order valence-corrected chi connectivity index (χ4v) is 11.0. The van der Waals surface area contributed by atoms with Gasteiger partial charge in [-0.3, -0.25) is 9.97 Å². The van der Waals surface area contributed by atoms with Crippen molar-refractivity contribution in [1.29, 1.82) is 0 Å². The molecule has 396 valence electrons. The lowest BCUT2D eigenvalue weighted by atomic mass is 9.98. The quantitative estimate of drug-likeness (QED) is 0.125. The van der Waals surface area contributed by atoms with Gasteiger partial charge in [0.2, 0.25) is 0 Å². The number of hydrogen-bond donors (Lipinski definition) is 0. The topological polar surface area (TPSA) is 128 Å². The molecule has 0 saturated heterocycles. The second-order valence-corrected chi connectivity index (χ2v) is 28.0. The van der Waals surface area contributed by atoms with Crippen LogP contribution in [0.1, 0.15) is 154 Å². The minimum atomic E-state index is -3.04. The van der Waals surface area contributed by atoms with Crippen LogP contribution in [-0.2, 0) is 46.8 Å². The van der Waals surface area contributed by atoms with Crippen LogP contribution in [0, 0.1) is 13.8 Å². The zero-order valence-corrected chi connectivity index (χ0v) is 49.9. The molecule has 73 heavy (non-hydrogen) atoms. The molecule has 0 N–H and O–H groups in total. The molecule has 0 saturated carbocycles. The molecule has 8 nitrogen and oxygen atoms in total. The number of fused-ring (bicyclic) bond motifs is 2. The Hall–Kier alpha value is -4.36. The van der Waals surface area contributed by atoms with Crippen LogP contribution in [0.5, 0.6) is 0 Å². The van der Waals surface area contributed by atoms with Crippen molar-refractivity contribution in [1.82, 2.24) is 9.97 Å². The zero-order chi connectivity index (χ0) is 55.2. The highest BCUT2D eigenvalue weighted by Crippen LogP contribution is 2.29. The molecule has 0 aliphatic carbocycles. The van der Waals surface area contributed by atoms with E-state index in [1.807, 2.05) is 80.7 Å². The summed E-state index contributed by atoms with van der Waals surface area (Å²) in [6, 6.07) is 34.1. The largest absolute Gasteiger partial charge is 0.256 e. The summed E-state index contributed by atoms with van der Waals surface area (Å²) in [5.74, 6) is 2.51. The smallest absolute Gasteiger partial charge is 0.151 e. The Bertz CT molecular complexity index is 3190. The molecular weight excluding hydrogens is 1040 g/mol. The number of rotatable bonds is 11. The van der Waals surface area contributed by atoms with E-state index in [4.69, 9.17) is 34.8 Å². The number of hydrogen-bond acceptors (Lipinski definition) is 8. The Morgan fingerprint density at radius 1 is 0.411 bits per heavy atom. The second kappa shape index (κ2) is 28.0. The van der Waals surface area contributed by atoms with Crippen molar-refractivity contribution >= 4 is 86.1 Å². The number of nitrogens with zero attached hydrogens (tertiary/aromatic N) is 2. The first-order chi connectivity index (χ1) is 33.7. The predicted molar refractivity (Wildman–Crippen MR) is 313 cm³/mol. The maximum Gasteiger partial charge on any atom is 0.151 e. The van der Waals surface area contributed by atoms with E-state index in [1.165, 1.54) is 40.8 Å². The number of aromatic nitrogens is 2. The van der Waals surface area contributed by atoms with Crippen molar-refractivity contribution in [3.8, 4) is 0 Å². The summed E-state index contributed by atoms with van der Waals surface area (Å²) in [7, 11) is -8.99. The lowest BCUT2D eigenvalue weighted by molar-refractivity contribution is 0.599. The third-order valence-corrected chi connectivity index (χ3v) is 15.2. The van der Waals surface area contributed by atoms with Gasteiger partial charge in [0.25, 0.3) is 0 Å². The Labute approximate surface area is 453 Å². The molecule has 0 unspecified atom stereocenters. The summed E-state index contributed by atoms with van der Waals surface area (Å²) in [6.45, 7) is 25.2. The molecule has 0 aliphatic heterocycles. The third kappa shape index (κ3) is 21.8. The molecule has 2 aromatic heterocycles. The SMILES string of the molecule is CC(C)c1cc(Cl)c2ncccc2c1.CC(C)c1ccc(CS(C)(=O)=O)c(Cl)c1.CC(C)c1ccc2ncccc2c1.Cc1cc(C(C)C)cc(Cl)c1CS(C)(=O)=O.Cc1cc(C(C)C)ccc1CS(C)(=O)=O. The van der Waals surface area contributed by atoms with E-state index < -0.39 is 29.5 Å². The summed E-state index contributed by atoms with van der Waals surface area (Å²) in [5, 5.41) is 4.17. The molecular formula is C59H75Cl3N2O6S3. The number of pyridine rings is 2. The number of sulfone groups is 3. The van der Waals surface area contributed by atoms with E-state index in [2.05, 4.69) is 116 Å². The zero-order valence-electron chi connectivity index (χ0n) is 45.2. The lowest BCUT2D eigenvalue weighted by Gasteiger charge is -2.12. The van der Waals surface area contributed by atoms with Crippen LogP contribution in [0.2, 0.25) is 15.1 Å². The molecule has 0 fully saturated rings. The van der Waals surface area contributed by atoms with Gasteiger partial charge in [0.15, 0.2) is 29.5 Å². The number of benzene rings is 5. The van der Waals surface area contributed by atoms with Gasteiger partial charge in [-0.2, -0.15) is 0 Å². The highest BCUT2D eigenvalue weighted by atomic mass is 35.5. The van der Waals surface area contributed by atoms with Crippen LogP contribution in [0.3, 0.4) is 0 Å². The van der Waals surface area contributed by atoms with Gasteiger partial charge in [-0.15, -0.1) is 0 Å². The lowest BCUT2D eigenvalue weighted by Crippen LogP contribution is -2.04. The highest BCUT2D eigenvalue weighted by molar-refractivity contribution is 7.90. The Morgan fingerprint density at radius 2 is 0.808 bits per heavy atom. The van der Waals surface area contributed by atoms with Crippen LogP contribution in [0.4, 0.5) is 0 Å². The molecule has 0 atom stereocenters. The first kappa shape index (κ1) is 62.9. The first-order valence-corrected chi connectivity index (χ1v) is 31.6. The van der Waals surface area contributed by atoms with Gasteiger partial charge in [0.05, 0.1) is 33.3 Å². The first-order valence-electron chi connectivity index (χ1n) is 24.3. The van der Waals surface area contributed by atoms with Crippen LogP contribution >= 0.6 is 34.8 Å². The molecule has 5 aromatic carbocycles. The van der Waals surface area contributed by atoms with Gasteiger partial charge in [0, 0.05) is 52.0 Å². The van der Waals surface area contributed by atoms with Crippen molar-refractivity contribution in [3.05, 3.63) is 186 Å². The van der Waals surface area contributed by atoms with Crippen molar-refractivity contribution in [2.75, 3.05) is 18.8 Å². The normalized spacial score (nSPS) is 11.7. The summed E-state index contributed by atoms with van der Waals surface area (Å²) >= 11 is 18.3. The molecule has 2 heterocycles. The van der Waals surface area contributed by atoms with Crippen molar-refractivity contribution in [2.24, 2.45) is 0 Å². The molecule has 0 aliphatic rings. The van der Waals surface area contributed by atoms with Crippen molar-refractivity contribution in [2.45, 2.75) is 130 Å². The van der Waals surface area contributed by atoms with E-state index in [0.29, 0.717) is 50.8 Å². The van der Waals surface area contributed by atoms with Gasteiger partial charge in [-0.05, 0) is 148 Å². The molecule has 0 spiro atoms. The molecule has 0 amide bonds. The monoisotopic (exact) mass is 1110 g/mol. The van der Waals surface area contributed by atoms with Crippen LogP contribution < -0.4 is 0 Å². The standard InChI is InChI=1S/C12H12ClN.C12H17ClO2S.C12H13N.C12H18O2S.C11H15ClO2S/c1-8(2)10-6-9-4-3-5-14-12(9)11(13)7-10;1-8(2)10-5-9(3)11(12(13)6-10)7-16(4,14)15;1-9(2)10-5-6-12-11(8-10)4-3-7-13-12;1-9(2)11-5-6-12(10(3)7-11)8-15(4,13)14;1-8(2)9-4-5-10(11(12)6-9)7-15(3,13)14/h3-8H,1-2H3;5-6,8H,7H2,1-4H3;3-9H,1-2H3;5-7,9H,8H2,1-4H3;4-6,8H,7H2,1-3H3.